The molecule has 7 heteroatoms. The number of nitrogens with one attached hydrogen (secondary N) is 1. The van der Waals surface area contributed by atoms with Gasteiger partial charge in [0.05, 0.1) is 5.92 Å². The van der Waals surface area contributed by atoms with E-state index in [1.54, 1.807) is 16.8 Å². The lowest BCUT2D eigenvalue weighted by atomic mass is 9.97. The number of carboxylic acids is 1. The van der Waals surface area contributed by atoms with Crippen LogP contribution in [0.1, 0.15) is 25.7 Å². The Bertz CT molecular complexity index is 404. The van der Waals surface area contributed by atoms with Crippen molar-refractivity contribution in [1.29, 1.82) is 0 Å². The predicted molar refractivity (Wildman–Crippen MR) is 71.1 cm³/mol. The molecule has 112 valence electrons. The number of piperidine rings is 2. The van der Waals surface area contributed by atoms with Gasteiger partial charge in [-0.15, -0.1) is 0 Å². The molecule has 0 bridgehead atoms. The number of likely N-dealkylation sites (N-methyl/N-ethyl adjacent to an activating group) is 1. The molecule has 20 heavy (non-hydrogen) atoms. The minimum Gasteiger partial charge on any atom is -0.481 e. The highest BCUT2D eigenvalue weighted by Crippen LogP contribution is 2.18. The van der Waals surface area contributed by atoms with E-state index in [-0.39, 0.29) is 23.9 Å². The van der Waals surface area contributed by atoms with Crippen molar-refractivity contribution < 1.29 is 19.5 Å². The fraction of sp³-hybridized carbons (Fsp3) is 0.769. The first-order chi connectivity index (χ1) is 9.47. The molecule has 2 rings (SSSR count). The van der Waals surface area contributed by atoms with E-state index in [4.69, 9.17) is 5.11 Å². The van der Waals surface area contributed by atoms with Crippen LogP contribution in [0, 0.1) is 5.92 Å². The number of urea groups is 1. The third-order valence-corrected chi connectivity index (χ3v) is 4.09. The molecule has 2 N–H and O–H groups in total. The van der Waals surface area contributed by atoms with Gasteiger partial charge < -0.3 is 20.2 Å². The second-order valence-corrected chi connectivity index (χ2v) is 5.56. The van der Waals surface area contributed by atoms with Gasteiger partial charge in [0.2, 0.25) is 5.91 Å². The Balaban J connectivity index is 1.78. The van der Waals surface area contributed by atoms with E-state index in [0.717, 1.165) is 0 Å². The number of carbonyl (C=O) groups excluding carboxylic acids is 2. The Morgan fingerprint density at radius 2 is 1.90 bits per heavy atom. The average molecular weight is 283 g/mol. The number of hydrogen-bond donors (Lipinski definition) is 2. The van der Waals surface area contributed by atoms with Gasteiger partial charge in [-0.1, -0.05) is 0 Å². The van der Waals surface area contributed by atoms with Gasteiger partial charge in [-0.25, -0.2) is 4.79 Å². The van der Waals surface area contributed by atoms with Crippen LogP contribution in [0.2, 0.25) is 0 Å². The van der Waals surface area contributed by atoms with Crippen LogP contribution in [0.3, 0.4) is 0 Å². The van der Waals surface area contributed by atoms with Crippen LogP contribution in [0.15, 0.2) is 0 Å². The number of aliphatic carboxylic acids is 1. The number of carboxylic acid groups (broad SMARTS) is 1. The number of rotatable bonds is 2. The van der Waals surface area contributed by atoms with E-state index in [9.17, 15) is 14.4 Å². The Labute approximate surface area is 117 Å². The normalized spacial score (nSPS) is 24.6. The van der Waals surface area contributed by atoms with Crippen LogP contribution in [0.25, 0.3) is 0 Å². The number of likely N-dealkylation sites (tertiary alicyclic amines) is 2. The first-order valence-corrected chi connectivity index (χ1v) is 6.99. The maximum atomic E-state index is 12.1. The van der Waals surface area contributed by atoms with Crippen molar-refractivity contribution >= 4 is 17.9 Å². The molecular formula is C13H21N3O4. The lowest BCUT2D eigenvalue weighted by Crippen LogP contribution is -2.53. The van der Waals surface area contributed by atoms with Gasteiger partial charge in [-0.05, 0) is 19.3 Å². The molecule has 0 saturated carbocycles. The van der Waals surface area contributed by atoms with Crippen molar-refractivity contribution in [2.24, 2.45) is 5.92 Å². The molecule has 2 heterocycles. The maximum absolute atomic E-state index is 12.1. The van der Waals surface area contributed by atoms with Gasteiger partial charge in [-0.3, -0.25) is 9.59 Å². The summed E-state index contributed by atoms with van der Waals surface area (Å²) in [5.41, 5.74) is 0. The largest absolute Gasteiger partial charge is 0.481 e. The number of amides is 3. The molecule has 0 aliphatic carbocycles. The van der Waals surface area contributed by atoms with E-state index in [1.807, 2.05) is 0 Å². The SMILES string of the molecule is CN1CC(NC(=O)N2CCC(C(=O)O)CC2)CCC1=O. The van der Waals surface area contributed by atoms with Crippen molar-refractivity contribution in [2.75, 3.05) is 26.7 Å². The topological polar surface area (TPSA) is 90.0 Å². The molecule has 7 nitrogen and oxygen atoms in total. The Hall–Kier alpha value is -1.79. The molecule has 0 aromatic heterocycles. The van der Waals surface area contributed by atoms with Gasteiger partial charge in [0.1, 0.15) is 0 Å². The molecule has 1 unspecified atom stereocenters. The van der Waals surface area contributed by atoms with E-state index >= 15 is 0 Å². The highest BCUT2D eigenvalue weighted by Gasteiger charge is 2.29. The van der Waals surface area contributed by atoms with Crippen molar-refractivity contribution in [3.8, 4) is 0 Å². The quantitative estimate of drug-likeness (QED) is 0.753. The monoisotopic (exact) mass is 283 g/mol. The first kappa shape index (κ1) is 14.6. The molecule has 0 spiro atoms. The second-order valence-electron chi connectivity index (χ2n) is 5.56. The lowest BCUT2D eigenvalue weighted by molar-refractivity contribution is -0.143. The zero-order chi connectivity index (χ0) is 14.7. The van der Waals surface area contributed by atoms with Crippen LogP contribution in [-0.2, 0) is 9.59 Å². The smallest absolute Gasteiger partial charge is 0.317 e. The van der Waals surface area contributed by atoms with Crippen LogP contribution >= 0.6 is 0 Å². The molecule has 1 atom stereocenters. The van der Waals surface area contributed by atoms with Gasteiger partial charge in [0, 0.05) is 39.1 Å². The minimum atomic E-state index is -0.780. The molecule has 0 aromatic carbocycles. The molecule has 0 aromatic rings. The Morgan fingerprint density at radius 3 is 2.45 bits per heavy atom. The molecule has 3 amide bonds. The average Bonchev–Trinajstić information content (AvgIpc) is 2.43. The Kier molecular flexibility index (Phi) is 4.46. The molecule has 2 aliphatic heterocycles. The van der Waals surface area contributed by atoms with Crippen molar-refractivity contribution in [2.45, 2.75) is 31.7 Å². The van der Waals surface area contributed by atoms with Gasteiger partial charge in [0.25, 0.3) is 0 Å². The fourth-order valence-electron chi connectivity index (χ4n) is 2.73. The maximum Gasteiger partial charge on any atom is 0.317 e. The zero-order valence-electron chi connectivity index (χ0n) is 11.7. The third kappa shape index (κ3) is 3.40. The summed E-state index contributed by atoms with van der Waals surface area (Å²) in [6.45, 7) is 1.49. The third-order valence-electron chi connectivity index (χ3n) is 4.09. The van der Waals surface area contributed by atoms with E-state index in [1.165, 1.54) is 0 Å². The van der Waals surface area contributed by atoms with Crippen LogP contribution < -0.4 is 5.32 Å². The van der Waals surface area contributed by atoms with Crippen LogP contribution in [0.5, 0.6) is 0 Å². The van der Waals surface area contributed by atoms with Gasteiger partial charge in [0.15, 0.2) is 0 Å². The highest BCUT2D eigenvalue weighted by molar-refractivity contribution is 5.78. The van der Waals surface area contributed by atoms with Crippen molar-refractivity contribution in [3.63, 3.8) is 0 Å². The Morgan fingerprint density at radius 1 is 1.25 bits per heavy atom. The summed E-state index contributed by atoms with van der Waals surface area (Å²) in [5, 5.41) is 11.9. The van der Waals surface area contributed by atoms with Crippen LogP contribution in [0.4, 0.5) is 4.79 Å². The zero-order valence-corrected chi connectivity index (χ0v) is 11.7. The van der Waals surface area contributed by atoms with E-state index in [0.29, 0.717) is 45.3 Å². The molecule has 2 fully saturated rings. The number of carbonyl (C=O) groups is 3. The molecule has 0 radical (unpaired) electrons. The lowest BCUT2D eigenvalue weighted by Gasteiger charge is -2.34. The first-order valence-electron chi connectivity index (χ1n) is 6.99. The van der Waals surface area contributed by atoms with Gasteiger partial charge >= 0.3 is 12.0 Å². The van der Waals surface area contributed by atoms with Crippen LogP contribution in [-0.4, -0.2) is 65.5 Å². The minimum absolute atomic E-state index is 0.0117. The number of hydrogen-bond acceptors (Lipinski definition) is 3. The number of nitrogens with zero attached hydrogens (tertiary/aromatic N) is 2. The summed E-state index contributed by atoms with van der Waals surface area (Å²) < 4.78 is 0. The summed E-state index contributed by atoms with van der Waals surface area (Å²) >= 11 is 0. The molecular weight excluding hydrogens is 262 g/mol. The van der Waals surface area contributed by atoms with Crippen molar-refractivity contribution in [1.82, 2.24) is 15.1 Å². The molecule has 2 aliphatic rings. The fourth-order valence-corrected chi connectivity index (χ4v) is 2.73. The van der Waals surface area contributed by atoms with E-state index < -0.39 is 5.97 Å². The predicted octanol–water partition coefficient (Wildman–Crippen LogP) is 0.113. The van der Waals surface area contributed by atoms with Gasteiger partial charge in [-0.2, -0.15) is 0 Å². The summed E-state index contributed by atoms with van der Waals surface area (Å²) in [5.74, 6) is -1.01. The second kappa shape index (κ2) is 6.11. The summed E-state index contributed by atoms with van der Waals surface area (Å²) in [6, 6.07) is -0.163. The summed E-state index contributed by atoms with van der Waals surface area (Å²) in [7, 11) is 1.74. The standard InChI is InChI=1S/C13H21N3O4/c1-15-8-10(2-3-11(15)17)14-13(20)16-6-4-9(5-7-16)12(18)19/h9-10H,2-8H2,1H3,(H,14,20)(H,18,19). The summed E-state index contributed by atoms with van der Waals surface area (Å²) in [6.07, 6.45) is 2.14. The highest BCUT2D eigenvalue weighted by atomic mass is 16.4. The van der Waals surface area contributed by atoms with E-state index in [2.05, 4.69) is 5.32 Å². The summed E-state index contributed by atoms with van der Waals surface area (Å²) in [4.78, 5) is 37.6. The molecule has 2 saturated heterocycles. The van der Waals surface area contributed by atoms with Crippen molar-refractivity contribution in [3.05, 3.63) is 0 Å².